The number of fused-ring (bicyclic) bond motifs is 1. The van der Waals surface area contributed by atoms with Crippen LogP contribution in [0.1, 0.15) is 17.3 Å². The number of hydrogen-bond donors (Lipinski definition) is 2. The number of benzene rings is 3. The van der Waals surface area contributed by atoms with Gasteiger partial charge in [-0.2, -0.15) is 0 Å². The molecule has 2 N–H and O–H groups in total. The number of pyridine rings is 1. The molecule has 2 amide bonds. The summed E-state index contributed by atoms with van der Waals surface area (Å²) in [5.74, 6) is -0.471. The number of aromatic nitrogens is 2. The zero-order valence-electron chi connectivity index (χ0n) is 18.5. The van der Waals surface area contributed by atoms with E-state index in [1.54, 1.807) is 24.3 Å². The maximum Gasteiger partial charge on any atom is 0.255 e. The summed E-state index contributed by atoms with van der Waals surface area (Å²) in [7, 11) is 0. The molecule has 2 aromatic heterocycles. The third kappa shape index (κ3) is 4.42. The van der Waals surface area contributed by atoms with Crippen LogP contribution in [0.15, 0.2) is 103 Å². The van der Waals surface area contributed by atoms with Crippen molar-refractivity contribution in [1.82, 2.24) is 9.38 Å². The Morgan fingerprint density at radius 3 is 2.26 bits per heavy atom. The van der Waals surface area contributed by atoms with Crippen molar-refractivity contribution in [2.75, 3.05) is 10.6 Å². The Morgan fingerprint density at radius 2 is 1.50 bits per heavy atom. The predicted octanol–water partition coefficient (Wildman–Crippen LogP) is 5.88. The second-order valence-corrected chi connectivity index (χ2v) is 7.94. The van der Waals surface area contributed by atoms with E-state index in [4.69, 9.17) is 4.98 Å². The van der Waals surface area contributed by atoms with Crippen LogP contribution >= 0.6 is 0 Å². The van der Waals surface area contributed by atoms with Crippen LogP contribution < -0.4 is 10.6 Å². The fourth-order valence-electron chi connectivity index (χ4n) is 3.85. The zero-order valence-corrected chi connectivity index (χ0v) is 18.5. The van der Waals surface area contributed by atoms with Gasteiger partial charge < -0.3 is 15.0 Å². The smallest absolute Gasteiger partial charge is 0.255 e. The number of imidazole rings is 1. The molecule has 0 fully saturated rings. The number of carbonyl (C=O) groups is 2. The fraction of sp³-hybridized carbons (Fsp3) is 0.0357. The van der Waals surface area contributed by atoms with E-state index >= 15 is 0 Å². The average molecular weight is 447 g/mol. The quantitative estimate of drug-likeness (QED) is 0.354. The lowest BCUT2D eigenvalue weighted by molar-refractivity contribution is -0.114. The summed E-state index contributed by atoms with van der Waals surface area (Å²) in [5.41, 5.74) is 6.37. The Morgan fingerprint density at radius 1 is 0.765 bits per heavy atom. The standard InChI is InChI=1S/C28H22N4O2/c1-19(33)29-24-10-5-9-23(17-24)28(34)31-25-11-6-16-32-18-26(30-27(25)32)22-14-12-21(13-15-22)20-7-3-2-4-8-20/h2-18H,1H3,(H,29,33)(H,31,34). The summed E-state index contributed by atoms with van der Waals surface area (Å²) in [4.78, 5) is 29.0. The lowest BCUT2D eigenvalue weighted by Crippen LogP contribution is -2.13. The molecule has 5 rings (SSSR count). The topological polar surface area (TPSA) is 75.5 Å². The monoisotopic (exact) mass is 446 g/mol. The summed E-state index contributed by atoms with van der Waals surface area (Å²) in [6, 6.07) is 29.0. The van der Waals surface area contributed by atoms with Crippen molar-refractivity contribution in [3.63, 3.8) is 0 Å². The molecule has 6 nitrogen and oxygen atoms in total. The molecule has 0 spiro atoms. The van der Waals surface area contributed by atoms with Crippen LogP contribution in [0.3, 0.4) is 0 Å². The van der Waals surface area contributed by atoms with Crippen LogP contribution in [0, 0.1) is 0 Å². The maximum atomic E-state index is 12.9. The summed E-state index contributed by atoms with van der Waals surface area (Å²) in [6.45, 7) is 1.43. The van der Waals surface area contributed by atoms with Gasteiger partial charge in [0, 0.05) is 36.1 Å². The second-order valence-electron chi connectivity index (χ2n) is 7.94. The molecule has 166 valence electrons. The lowest BCUT2D eigenvalue weighted by atomic mass is 10.0. The molecule has 3 aromatic carbocycles. The molecule has 0 saturated heterocycles. The van der Waals surface area contributed by atoms with Crippen LogP contribution in [0.25, 0.3) is 28.0 Å². The predicted molar refractivity (Wildman–Crippen MR) is 135 cm³/mol. The molecular formula is C28H22N4O2. The average Bonchev–Trinajstić information content (AvgIpc) is 3.30. The van der Waals surface area contributed by atoms with Crippen LogP contribution in [-0.4, -0.2) is 21.2 Å². The van der Waals surface area contributed by atoms with Crippen LogP contribution in [0.4, 0.5) is 11.4 Å². The Balaban J connectivity index is 1.41. The van der Waals surface area contributed by atoms with Gasteiger partial charge in [-0.15, -0.1) is 0 Å². The highest BCUT2D eigenvalue weighted by molar-refractivity contribution is 6.07. The van der Waals surface area contributed by atoms with Gasteiger partial charge in [-0.05, 0) is 41.5 Å². The first kappa shape index (κ1) is 21.2. The fourth-order valence-corrected chi connectivity index (χ4v) is 3.85. The van der Waals surface area contributed by atoms with Gasteiger partial charge in [-0.25, -0.2) is 4.98 Å². The number of anilines is 2. The van der Waals surface area contributed by atoms with Crippen LogP contribution in [0.2, 0.25) is 0 Å². The van der Waals surface area contributed by atoms with Gasteiger partial charge in [0.2, 0.25) is 5.91 Å². The van der Waals surface area contributed by atoms with Gasteiger partial charge in [0.1, 0.15) is 0 Å². The van der Waals surface area contributed by atoms with E-state index in [1.807, 2.05) is 47.1 Å². The Kier molecular flexibility index (Phi) is 5.62. The number of nitrogens with zero attached hydrogens (tertiary/aromatic N) is 2. The molecule has 0 bridgehead atoms. The molecule has 0 unspecified atom stereocenters. The lowest BCUT2D eigenvalue weighted by Gasteiger charge is -2.08. The van der Waals surface area contributed by atoms with Gasteiger partial charge in [-0.3, -0.25) is 9.59 Å². The Hall–Kier alpha value is -4.71. The molecule has 5 aromatic rings. The first-order chi connectivity index (χ1) is 16.6. The normalized spacial score (nSPS) is 10.7. The van der Waals surface area contributed by atoms with E-state index < -0.39 is 0 Å². The van der Waals surface area contributed by atoms with Crippen molar-refractivity contribution in [2.45, 2.75) is 6.92 Å². The number of hydrogen-bond acceptors (Lipinski definition) is 3. The van der Waals surface area contributed by atoms with E-state index in [2.05, 4.69) is 47.0 Å². The van der Waals surface area contributed by atoms with Crippen LogP contribution in [0.5, 0.6) is 0 Å². The Labute approximate surface area is 196 Å². The minimum Gasteiger partial charge on any atom is -0.326 e. The molecule has 6 heteroatoms. The largest absolute Gasteiger partial charge is 0.326 e. The van der Waals surface area contributed by atoms with Crippen molar-refractivity contribution in [1.29, 1.82) is 0 Å². The molecule has 0 aliphatic carbocycles. The van der Waals surface area contributed by atoms with Crippen molar-refractivity contribution in [3.05, 3.63) is 109 Å². The van der Waals surface area contributed by atoms with E-state index in [9.17, 15) is 9.59 Å². The van der Waals surface area contributed by atoms with Crippen molar-refractivity contribution >= 4 is 28.8 Å². The maximum absolute atomic E-state index is 12.9. The van der Waals surface area contributed by atoms with Crippen molar-refractivity contribution in [2.24, 2.45) is 0 Å². The number of amides is 2. The summed E-state index contributed by atoms with van der Waals surface area (Å²) in [6.07, 6.45) is 3.84. The van der Waals surface area contributed by atoms with Gasteiger partial charge in [0.25, 0.3) is 5.91 Å². The summed E-state index contributed by atoms with van der Waals surface area (Å²) < 4.78 is 1.89. The zero-order chi connectivity index (χ0) is 23.5. The minimum absolute atomic E-state index is 0.191. The van der Waals surface area contributed by atoms with E-state index in [0.29, 0.717) is 22.6 Å². The van der Waals surface area contributed by atoms with Crippen LogP contribution in [-0.2, 0) is 4.79 Å². The molecule has 0 aliphatic rings. The number of rotatable bonds is 5. The summed E-state index contributed by atoms with van der Waals surface area (Å²) >= 11 is 0. The van der Waals surface area contributed by atoms with Gasteiger partial charge in [-0.1, -0.05) is 60.7 Å². The Bertz CT molecular complexity index is 1490. The van der Waals surface area contributed by atoms with Gasteiger partial charge in [0.15, 0.2) is 5.65 Å². The van der Waals surface area contributed by atoms with Crippen molar-refractivity contribution < 1.29 is 9.59 Å². The molecule has 0 saturated carbocycles. The SMILES string of the molecule is CC(=O)Nc1cccc(C(=O)Nc2cccn3cc(-c4ccc(-c5ccccc5)cc4)nc23)c1. The number of nitrogens with one attached hydrogen (secondary N) is 2. The minimum atomic E-state index is -0.280. The molecule has 0 radical (unpaired) electrons. The van der Waals surface area contributed by atoms with Gasteiger partial charge in [0.05, 0.1) is 11.4 Å². The third-order valence-corrected chi connectivity index (χ3v) is 5.46. The first-order valence-corrected chi connectivity index (χ1v) is 10.9. The van der Waals surface area contributed by atoms with Crippen molar-refractivity contribution in [3.8, 4) is 22.4 Å². The highest BCUT2D eigenvalue weighted by Crippen LogP contribution is 2.26. The van der Waals surface area contributed by atoms with Gasteiger partial charge >= 0.3 is 0 Å². The molecule has 0 aliphatic heterocycles. The summed E-state index contributed by atoms with van der Waals surface area (Å²) in [5, 5.41) is 5.64. The second kappa shape index (κ2) is 9.03. The highest BCUT2D eigenvalue weighted by Gasteiger charge is 2.13. The van der Waals surface area contributed by atoms with E-state index in [-0.39, 0.29) is 11.8 Å². The highest BCUT2D eigenvalue weighted by atomic mass is 16.2. The van der Waals surface area contributed by atoms with E-state index in [1.165, 1.54) is 6.92 Å². The third-order valence-electron chi connectivity index (χ3n) is 5.46. The first-order valence-electron chi connectivity index (χ1n) is 10.9. The molecule has 34 heavy (non-hydrogen) atoms. The molecular weight excluding hydrogens is 424 g/mol. The molecule has 2 heterocycles. The van der Waals surface area contributed by atoms with E-state index in [0.717, 1.165) is 22.4 Å². The molecule has 0 atom stereocenters. The number of carbonyl (C=O) groups excluding carboxylic acids is 2.